The van der Waals surface area contributed by atoms with Crippen LogP contribution in [0.5, 0.6) is 0 Å². The van der Waals surface area contributed by atoms with Gasteiger partial charge in [0, 0.05) is 24.2 Å². The molecule has 110 valence electrons. The van der Waals surface area contributed by atoms with E-state index in [1.54, 1.807) is 17.0 Å². The lowest BCUT2D eigenvalue weighted by Crippen LogP contribution is -2.07. The summed E-state index contributed by atoms with van der Waals surface area (Å²) >= 11 is 2.08. The van der Waals surface area contributed by atoms with Gasteiger partial charge in [0.05, 0.1) is 5.69 Å². The number of anilines is 1. The highest BCUT2D eigenvalue weighted by molar-refractivity contribution is 14.1. The summed E-state index contributed by atoms with van der Waals surface area (Å²) < 4.78 is 7.89. The quantitative estimate of drug-likeness (QED) is 0.532. The van der Waals surface area contributed by atoms with Crippen molar-refractivity contribution in [1.29, 1.82) is 0 Å². The van der Waals surface area contributed by atoms with E-state index < -0.39 is 0 Å². The van der Waals surface area contributed by atoms with Crippen LogP contribution >= 0.6 is 22.6 Å². The Morgan fingerprint density at radius 3 is 2.68 bits per heavy atom. The third-order valence-electron chi connectivity index (χ3n) is 2.90. The zero-order chi connectivity index (χ0) is 15.4. The number of halogens is 1. The molecule has 1 aromatic carbocycles. The van der Waals surface area contributed by atoms with Crippen molar-refractivity contribution in [3.8, 4) is 5.69 Å². The van der Waals surface area contributed by atoms with Gasteiger partial charge in [0.2, 0.25) is 5.91 Å². The van der Waals surface area contributed by atoms with Crippen LogP contribution in [0.4, 0.5) is 5.69 Å². The molecule has 3 rings (SSSR count). The van der Waals surface area contributed by atoms with Gasteiger partial charge in [0.25, 0.3) is 0 Å². The standard InChI is InChI=1S/C16H12IN3O2/c17-15-8-6-14(22-15)7-9-16(21)19-12-2-4-13(5-3-12)20-11-1-10-18-20/h1-11H,(H,19,21)/b9-7+. The third-order valence-corrected chi connectivity index (χ3v) is 3.48. The molecule has 1 amide bonds. The number of hydrogen-bond acceptors (Lipinski definition) is 3. The molecule has 6 heteroatoms. The minimum Gasteiger partial charge on any atom is -0.451 e. The highest BCUT2D eigenvalue weighted by atomic mass is 127. The van der Waals surface area contributed by atoms with Crippen molar-refractivity contribution in [3.05, 3.63) is 70.5 Å². The second-order valence-corrected chi connectivity index (χ2v) is 5.53. The topological polar surface area (TPSA) is 60.1 Å². The fraction of sp³-hybridized carbons (Fsp3) is 0. The van der Waals surface area contributed by atoms with Crippen LogP contribution in [0, 0.1) is 3.77 Å². The van der Waals surface area contributed by atoms with E-state index in [1.807, 2.05) is 48.7 Å². The molecule has 0 atom stereocenters. The Labute approximate surface area is 140 Å². The first kappa shape index (κ1) is 14.6. The van der Waals surface area contributed by atoms with E-state index in [1.165, 1.54) is 6.08 Å². The monoisotopic (exact) mass is 405 g/mol. The molecule has 0 aliphatic heterocycles. The molecular formula is C16H12IN3O2. The molecule has 3 aromatic rings. The average molecular weight is 405 g/mol. The van der Waals surface area contributed by atoms with Gasteiger partial charge < -0.3 is 9.73 Å². The highest BCUT2D eigenvalue weighted by Crippen LogP contribution is 2.14. The first-order valence-electron chi connectivity index (χ1n) is 6.55. The second kappa shape index (κ2) is 6.61. The van der Waals surface area contributed by atoms with Crippen molar-refractivity contribution in [2.45, 2.75) is 0 Å². The van der Waals surface area contributed by atoms with Crippen LogP contribution in [0.2, 0.25) is 0 Å². The molecule has 22 heavy (non-hydrogen) atoms. The van der Waals surface area contributed by atoms with E-state index in [-0.39, 0.29) is 5.91 Å². The number of hydrogen-bond donors (Lipinski definition) is 1. The molecule has 0 saturated carbocycles. The van der Waals surface area contributed by atoms with Gasteiger partial charge in [0.1, 0.15) is 5.76 Å². The first-order chi connectivity index (χ1) is 10.7. The minimum absolute atomic E-state index is 0.210. The summed E-state index contributed by atoms with van der Waals surface area (Å²) in [6.07, 6.45) is 6.66. The third kappa shape index (κ3) is 3.64. The summed E-state index contributed by atoms with van der Waals surface area (Å²) in [6, 6.07) is 13.0. The number of aromatic nitrogens is 2. The molecule has 1 N–H and O–H groups in total. The molecule has 0 fully saturated rings. The van der Waals surface area contributed by atoms with Crippen molar-refractivity contribution >= 4 is 40.3 Å². The fourth-order valence-corrected chi connectivity index (χ4v) is 2.31. The van der Waals surface area contributed by atoms with Crippen LogP contribution < -0.4 is 5.32 Å². The number of carbonyl (C=O) groups excluding carboxylic acids is 1. The van der Waals surface area contributed by atoms with Gasteiger partial charge >= 0.3 is 0 Å². The Balaban J connectivity index is 1.63. The number of rotatable bonds is 4. The van der Waals surface area contributed by atoms with Crippen molar-refractivity contribution in [2.75, 3.05) is 5.32 Å². The molecule has 2 heterocycles. The Morgan fingerprint density at radius 2 is 2.05 bits per heavy atom. The minimum atomic E-state index is -0.210. The van der Waals surface area contributed by atoms with Gasteiger partial charge in [-0.1, -0.05) is 0 Å². The van der Waals surface area contributed by atoms with E-state index in [0.29, 0.717) is 5.76 Å². The van der Waals surface area contributed by atoms with Crippen molar-refractivity contribution in [1.82, 2.24) is 9.78 Å². The van der Waals surface area contributed by atoms with Crippen molar-refractivity contribution in [3.63, 3.8) is 0 Å². The van der Waals surface area contributed by atoms with Gasteiger partial charge in [-0.15, -0.1) is 0 Å². The predicted octanol–water partition coefficient (Wildman–Crippen LogP) is 3.72. The summed E-state index contributed by atoms with van der Waals surface area (Å²) in [5.74, 6) is 0.437. The Bertz CT molecular complexity index is 789. The molecular weight excluding hydrogens is 393 g/mol. The SMILES string of the molecule is O=C(/C=C/c1ccc(I)o1)Nc1ccc(-n2cccn2)cc1. The maximum absolute atomic E-state index is 11.8. The smallest absolute Gasteiger partial charge is 0.248 e. The first-order valence-corrected chi connectivity index (χ1v) is 7.63. The normalized spacial score (nSPS) is 11.0. The number of nitrogens with one attached hydrogen (secondary N) is 1. The highest BCUT2D eigenvalue weighted by Gasteiger charge is 2.01. The van der Waals surface area contributed by atoms with Crippen molar-refractivity contribution in [2.24, 2.45) is 0 Å². The van der Waals surface area contributed by atoms with Gasteiger partial charge in [0.15, 0.2) is 3.77 Å². The number of amides is 1. The van der Waals surface area contributed by atoms with E-state index in [0.717, 1.165) is 15.1 Å². The Kier molecular flexibility index (Phi) is 4.38. The van der Waals surface area contributed by atoms with E-state index in [2.05, 4.69) is 33.0 Å². The summed E-state index contributed by atoms with van der Waals surface area (Å²) in [7, 11) is 0. The van der Waals surface area contributed by atoms with Gasteiger partial charge in [-0.25, -0.2) is 4.68 Å². The lowest BCUT2D eigenvalue weighted by Gasteiger charge is -2.04. The largest absolute Gasteiger partial charge is 0.451 e. The molecule has 0 bridgehead atoms. The number of nitrogens with zero attached hydrogens (tertiary/aromatic N) is 2. The Morgan fingerprint density at radius 1 is 1.23 bits per heavy atom. The summed E-state index contributed by atoms with van der Waals surface area (Å²) in [4.78, 5) is 11.8. The van der Waals surface area contributed by atoms with E-state index >= 15 is 0 Å². The predicted molar refractivity (Wildman–Crippen MR) is 92.7 cm³/mol. The number of benzene rings is 1. The van der Waals surface area contributed by atoms with Gasteiger partial charge in [-0.3, -0.25) is 4.79 Å². The zero-order valence-corrected chi connectivity index (χ0v) is 13.6. The lowest BCUT2D eigenvalue weighted by atomic mass is 10.2. The van der Waals surface area contributed by atoms with Crippen LogP contribution in [0.1, 0.15) is 5.76 Å². The van der Waals surface area contributed by atoms with Crippen LogP contribution in [-0.4, -0.2) is 15.7 Å². The number of carbonyl (C=O) groups is 1. The van der Waals surface area contributed by atoms with Crippen LogP contribution in [0.25, 0.3) is 11.8 Å². The summed E-state index contributed by atoms with van der Waals surface area (Å²) in [5.41, 5.74) is 1.66. The maximum atomic E-state index is 11.8. The zero-order valence-electron chi connectivity index (χ0n) is 11.4. The lowest BCUT2D eigenvalue weighted by molar-refractivity contribution is -0.111. The molecule has 0 aliphatic carbocycles. The number of furan rings is 1. The molecule has 0 unspecified atom stereocenters. The van der Waals surface area contributed by atoms with E-state index in [4.69, 9.17) is 4.42 Å². The fourth-order valence-electron chi connectivity index (χ4n) is 1.88. The molecule has 0 saturated heterocycles. The summed E-state index contributed by atoms with van der Waals surface area (Å²) in [6.45, 7) is 0. The van der Waals surface area contributed by atoms with Crippen LogP contribution in [0.3, 0.4) is 0 Å². The molecule has 0 spiro atoms. The maximum Gasteiger partial charge on any atom is 0.248 e. The molecule has 0 radical (unpaired) electrons. The molecule has 0 aliphatic rings. The van der Waals surface area contributed by atoms with E-state index in [9.17, 15) is 4.79 Å². The van der Waals surface area contributed by atoms with Crippen LogP contribution in [0.15, 0.2) is 65.4 Å². The van der Waals surface area contributed by atoms with Crippen molar-refractivity contribution < 1.29 is 9.21 Å². The molecule has 2 aromatic heterocycles. The van der Waals surface area contributed by atoms with Gasteiger partial charge in [-0.05, 0) is 71.1 Å². The van der Waals surface area contributed by atoms with Crippen LogP contribution in [-0.2, 0) is 4.79 Å². The Hall–Kier alpha value is -2.35. The molecule has 5 nitrogen and oxygen atoms in total. The average Bonchev–Trinajstić information content (AvgIpc) is 3.17. The second-order valence-electron chi connectivity index (χ2n) is 4.46. The summed E-state index contributed by atoms with van der Waals surface area (Å²) in [5, 5.41) is 6.94. The van der Waals surface area contributed by atoms with Gasteiger partial charge in [-0.2, -0.15) is 5.10 Å².